The number of fused-ring (bicyclic) bond motifs is 1. The summed E-state index contributed by atoms with van der Waals surface area (Å²) in [6, 6.07) is 9.02. The fraction of sp³-hybridized carbons (Fsp3) is 0.0667. The molecule has 0 aliphatic heterocycles. The predicted octanol–water partition coefficient (Wildman–Crippen LogP) is 2.54. The number of rotatable bonds is 2. The van der Waals surface area contributed by atoms with Crippen molar-refractivity contribution in [1.29, 1.82) is 0 Å². The van der Waals surface area contributed by atoms with E-state index in [1.807, 2.05) is 24.3 Å². The standard InChI is InChI=1S/C15H12ClN5O2S2/c1-7-6-9(19-18-7)13(22)20-21-15(24)17-14(23)12-11(16)8-4-2-3-5-10(8)25-12/h2-6H,1H3,(H,18,19)(H,20,22)(H2,17,21,23,24). The van der Waals surface area contributed by atoms with Crippen LogP contribution in [-0.2, 0) is 0 Å². The van der Waals surface area contributed by atoms with E-state index < -0.39 is 11.8 Å². The lowest BCUT2D eigenvalue weighted by Crippen LogP contribution is -2.48. The first-order chi connectivity index (χ1) is 12.0. The number of carbonyl (C=O) groups is 2. The zero-order valence-corrected chi connectivity index (χ0v) is 15.2. The maximum absolute atomic E-state index is 12.3. The van der Waals surface area contributed by atoms with Gasteiger partial charge >= 0.3 is 0 Å². The Labute approximate surface area is 156 Å². The van der Waals surface area contributed by atoms with Crippen molar-refractivity contribution in [3.63, 3.8) is 0 Å². The van der Waals surface area contributed by atoms with Gasteiger partial charge in [0.25, 0.3) is 11.8 Å². The topological polar surface area (TPSA) is 98.9 Å². The fourth-order valence-electron chi connectivity index (χ4n) is 2.06. The molecule has 0 saturated carbocycles. The summed E-state index contributed by atoms with van der Waals surface area (Å²) in [6.07, 6.45) is 0. The molecule has 3 rings (SSSR count). The highest BCUT2D eigenvalue weighted by Crippen LogP contribution is 2.34. The van der Waals surface area contributed by atoms with E-state index in [-0.39, 0.29) is 10.8 Å². The van der Waals surface area contributed by atoms with Gasteiger partial charge in [-0.25, -0.2) is 0 Å². The van der Waals surface area contributed by atoms with E-state index in [9.17, 15) is 9.59 Å². The van der Waals surface area contributed by atoms with Crippen molar-refractivity contribution in [1.82, 2.24) is 26.4 Å². The number of hydrogen-bond acceptors (Lipinski definition) is 5. The first kappa shape index (κ1) is 17.3. The molecule has 0 spiro atoms. The second-order valence-corrected chi connectivity index (χ2v) is 6.88. The second-order valence-electron chi connectivity index (χ2n) is 5.04. The minimum absolute atomic E-state index is 0.0564. The Kier molecular flexibility index (Phi) is 4.98. The molecule has 128 valence electrons. The van der Waals surface area contributed by atoms with Crippen molar-refractivity contribution in [3.05, 3.63) is 51.6 Å². The van der Waals surface area contributed by atoms with E-state index in [0.29, 0.717) is 9.90 Å². The van der Waals surface area contributed by atoms with E-state index in [1.54, 1.807) is 13.0 Å². The summed E-state index contributed by atoms with van der Waals surface area (Å²) < 4.78 is 0.902. The Balaban J connectivity index is 1.61. The maximum Gasteiger partial charge on any atom is 0.290 e. The number of carbonyl (C=O) groups excluding carboxylic acids is 2. The molecule has 0 aliphatic rings. The van der Waals surface area contributed by atoms with Crippen molar-refractivity contribution in [2.75, 3.05) is 0 Å². The van der Waals surface area contributed by atoms with Gasteiger partial charge in [-0.15, -0.1) is 11.3 Å². The van der Waals surface area contributed by atoms with Gasteiger partial charge < -0.3 is 0 Å². The van der Waals surface area contributed by atoms with Crippen LogP contribution >= 0.6 is 35.2 Å². The monoisotopic (exact) mass is 393 g/mol. The lowest BCUT2D eigenvalue weighted by molar-refractivity contribution is 0.0931. The van der Waals surface area contributed by atoms with E-state index in [4.69, 9.17) is 23.8 Å². The van der Waals surface area contributed by atoms with Crippen molar-refractivity contribution >= 4 is 62.2 Å². The lowest BCUT2D eigenvalue weighted by Gasteiger charge is -2.09. The molecule has 0 fully saturated rings. The number of nitrogens with one attached hydrogen (secondary N) is 4. The molecular weight excluding hydrogens is 382 g/mol. The van der Waals surface area contributed by atoms with Gasteiger partial charge in [0.2, 0.25) is 0 Å². The average molecular weight is 394 g/mol. The minimum atomic E-state index is -0.485. The van der Waals surface area contributed by atoms with Crippen LogP contribution in [0.4, 0.5) is 0 Å². The summed E-state index contributed by atoms with van der Waals surface area (Å²) in [5, 5.41) is 10.1. The first-order valence-corrected chi connectivity index (χ1v) is 8.66. The van der Waals surface area contributed by atoms with Crippen LogP contribution in [0, 0.1) is 6.92 Å². The average Bonchev–Trinajstić information content (AvgIpc) is 3.17. The summed E-state index contributed by atoms with van der Waals surface area (Å²) in [6.45, 7) is 1.77. The number of thiocarbonyl (C=S) groups is 1. The minimum Gasteiger partial charge on any atom is -0.297 e. The molecule has 0 aliphatic carbocycles. The quantitative estimate of drug-likeness (QED) is 0.396. The van der Waals surface area contributed by atoms with Gasteiger partial charge in [-0.05, 0) is 31.3 Å². The molecule has 2 aromatic heterocycles. The van der Waals surface area contributed by atoms with Gasteiger partial charge in [0.1, 0.15) is 4.88 Å². The number of hydrazine groups is 1. The van der Waals surface area contributed by atoms with Crippen molar-refractivity contribution < 1.29 is 9.59 Å². The third-order valence-corrected chi connectivity index (χ3v) is 5.07. The van der Waals surface area contributed by atoms with Gasteiger partial charge in [-0.3, -0.25) is 30.9 Å². The van der Waals surface area contributed by atoms with E-state index >= 15 is 0 Å². The number of thiophene rings is 1. The van der Waals surface area contributed by atoms with Crippen molar-refractivity contribution in [2.45, 2.75) is 6.92 Å². The molecule has 25 heavy (non-hydrogen) atoms. The zero-order chi connectivity index (χ0) is 18.0. The van der Waals surface area contributed by atoms with Gasteiger partial charge in [-0.1, -0.05) is 29.8 Å². The number of amides is 2. The van der Waals surface area contributed by atoms with Gasteiger partial charge in [0.15, 0.2) is 10.8 Å². The highest BCUT2D eigenvalue weighted by Gasteiger charge is 2.18. The molecule has 0 unspecified atom stereocenters. The number of aryl methyl sites for hydroxylation is 1. The smallest absolute Gasteiger partial charge is 0.290 e. The van der Waals surface area contributed by atoms with E-state index in [0.717, 1.165) is 15.8 Å². The summed E-state index contributed by atoms with van der Waals surface area (Å²) in [5.74, 6) is -0.936. The number of aromatic nitrogens is 2. The predicted molar refractivity (Wildman–Crippen MR) is 101 cm³/mol. The molecule has 2 amide bonds. The molecule has 0 saturated heterocycles. The molecular formula is C15H12ClN5O2S2. The number of benzene rings is 1. The van der Waals surface area contributed by atoms with Gasteiger partial charge in [-0.2, -0.15) is 5.10 Å². The first-order valence-electron chi connectivity index (χ1n) is 7.06. The third-order valence-electron chi connectivity index (χ3n) is 3.20. The highest BCUT2D eigenvalue weighted by molar-refractivity contribution is 7.80. The summed E-state index contributed by atoms with van der Waals surface area (Å²) in [5.41, 5.74) is 5.76. The molecule has 0 radical (unpaired) electrons. The zero-order valence-electron chi connectivity index (χ0n) is 12.8. The van der Waals surface area contributed by atoms with Crippen LogP contribution in [0.2, 0.25) is 5.02 Å². The molecule has 10 heteroatoms. The largest absolute Gasteiger partial charge is 0.297 e. The molecule has 4 N–H and O–H groups in total. The second kappa shape index (κ2) is 7.18. The maximum atomic E-state index is 12.3. The SMILES string of the molecule is Cc1cc(C(=O)NNC(=S)NC(=O)c2sc3ccccc3c2Cl)n[nH]1. The Morgan fingerprint density at radius 2 is 2.00 bits per heavy atom. The summed E-state index contributed by atoms with van der Waals surface area (Å²) in [4.78, 5) is 24.5. The third kappa shape index (κ3) is 3.78. The van der Waals surface area contributed by atoms with Crippen LogP contribution in [0.25, 0.3) is 10.1 Å². The summed E-state index contributed by atoms with van der Waals surface area (Å²) in [7, 11) is 0. The van der Waals surface area contributed by atoms with Crippen LogP contribution in [0.5, 0.6) is 0 Å². The van der Waals surface area contributed by atoms with Gasteiger partial charge in [0.05, 0.1) is 5.02 Å². The van der Waals surface area contributed by atoms with Crippen LogP contribution in [-0.4, -0.2) is 27.1 Å². The van der Waals surface area contributed by atoms with Crippen LogP contribution in [0.1, 0.15) is 25.9 Å². The lowest BCUT2D eigenvalue weighted by atomic mass is 10.2. The molecule has 2 heterocycles. The number of hydrogen-bond donors (Lipinski definition) is 4. The fourth-order valence-corrected chi connectivity index (χ4v) is 3.62. The number of H-pyrrole nitrogens is 1. The molecule has 0 bridgehead atoms. The Morgan fingerprint density at radius 3 is 2.68 bits per heavy atom. The van der Waals surface area contributed by atoms with Crippen LogP contribution in [0.3, 0.4) is 0 Å². The Bertz CT molecular complexity index is 981. The molecule has 1 aromatic carbocycles. The van der Waals surface area contributed by atoms with Crippen LogP contribution < -0.4 is 16.2 Å². The molecule has 7 nitrogen and oxygen atoms in total. The Hall–Kier alpha value is -2.49. The van der Waals surface area contributed by atoms with Crippen molar-refractivity contribution in [3.8, 4) is 0 Å². The highest BCUT2D eigenvalue weighted by atomic mass is 35.5. The number of halogens is 1. The molecule has 3 aromatic rings. The van der Waals surface area contributed by atoms with Gasteiger partial charge in [0, 0.05) is 15.8 Å². The number of nitrogens with zero attached hydrogens (tertiary/aromatic N) is 1. The van der Waals surface area contributed by atoms with E-state index in [1.165, 1.54) is 11.3 Å². The summed E-state index contributed by atoms with van der Waals surface area (Å²) >= 11 is 12.5. The Morgan fingerprint density at radius 1 is 1.24 bits per heavy atom. The van der Waals surface area contributed by atoms with Crippen LogP contribution in [0.15, 0.2) is 30.3 Å². The van der Waals surface area contributed by atoms with E-state index in [2.05, 4.69) is 26.4 Å². The molecule has 0 atom stereocenters. The number of aromatic amines is 1. The van der Waals surface area contributed by atoms with Crippen molar-refractivity contribution in [2.24, 2.45) is 0 Å². The normalized spacial score (nSPS) is 10.5.